The molecule has 0 heterocycles. The van der Waals surface area contributed by atoms with Crippen LogP contribution in [0.3, 0.4) is 0 Å². The SMILES string of the molecule is C1=CCC2CC[CH-]C2=C1.C1=CCC2CC[CH-]C2=C1.C=C[CH2-].C=C[CH2-].[CH3][Ge][CH3].[Zr+4]. The fraction of sp³-hybridized carbons (Fsp3) is 0.385. The molecule has 0 N–H and O–H groups in total. The molecule has 0 bridgehead atoms. The molecule has 2 atom stereocenters. The maximum atomic E-state index is 3.25. The second-order valence-electron chi connectivity index (χ2n) is 6.70. The normalized spacial score (nSPS) is 21.5. The first-order valence-electron chi connectivity index (χ1n) is 9.96. The van der Waals surface area contributed by atoms with Gasteiger partial charge in [-0.2, -0.15) is 0 Å². The predicted molar refractivity (Wildman–Crippen MR) is 126 cm³/mol. The molecule has 0 saturated heterocycles. The van der Waals surface area contributed by atoms with Gasteiger partial charge in [0.25, 0.3) is 0 Å². The third-order valence-corrected chi connectivity index (χ3v) is 4.42. The van der Waals surface area contributed by atoms with E-state index in [4.69, 9.17) is 0 Å². The Balaban J connectivity index is 0. The molecule has 4 aliphatic carbocycles. The average molecular weight is 514 g/mol. The van der Waals surface area contributed by atoms with E-state index in [1.807, 2.05) is 0 Å². The van der Waals surface area contributed by atoms with Crippen molar-refractivity contribution in [1.29, 1.82) is 0 Å². The van der Waals surface area contributed by atoms with Crippen LogP contribution in [0.15, 0.2) is 72.9 Å². The molecular weight excluding hydrogens is 476 g/mol. The topological polar surface area (TPSA) is 0 Å². The van der Waals surface area contributed by atoms with Crippen molar-refractivity contribution >= 4 is 15.4 Å². The maximum Gasteiger partial charge on any atom is 4.00 e. The second kappa shape index (κ2) is 21.1. The van der Waals surface area contributed by atoms with Crippen molar-refractivity contribution in [3.8, 4) is 0 Å². The Morgan fingerprint density at radius 1 is 0.893 bits per heavy atom. The summed E-state index contributed by atoms with van der Waals surface area (Å²) in [6, 6.07) is 0. The molecule has 0 aromatic carbocycles. The summed E-state index contributed by atoms with van der Waals surface area (Å²) >= 11 is 0.500. The van der Waals surface area contributed by atoms with Gasteiger partial charge in [-0.15, -0.1) is 37.1 Å². The Labute approximate surface area is 202 Å². The maximum absolute atomic E-state index is 3.25. The van der Waals surface area contributed by atoms with Crippen molar-refractivity contribution < 1.29 is 26.2 Å². The van der Waals surface area contributed by atoms with Crippen molar-refractivity contribution in [3.05, 3.63) is 99.6 Å². The quantitative estimate of drug-likeness (QED) is 0.229. The van der Waals surface area contributed by atoms with E-state index >= 15 is 0 Å². The first-order chi connectivity index (χ1) is 13.2. The number of rotatable bonds is 0. The predicted octanol–water partition coefficient (Wildman–Crippen LogP) is 7.77. The molecule has 28 heavy (non-hydrogen) atoms. The van der Waals surface area contributed by atoms with Gasteiger partial charge in [-0.25, -0.2) is 75.3 Å². The van der Waals surface area contributed by atoms with Crippen molar-refractivity contribution in [2.45, 2.75) is 50.0 Å². The summed E-state index contributed by atoms with van der Waals surface area (Å²) in [5.74, 6) is 6.27. The summed E-state index contributed by atoms with van der Waals surface area (Å²) in [6.07, 6.45) is 29.1. The van der Waals surface area contributed by atoms with Crippen LogP contribution in [0, 0.1) is 38.5 Å². The van der Waals surface area contributed by atoms with Gasteiger partial charge in [-0.1, -0.05) is 12.8 Å². The van der Waals surface area contributed by atoms with Crippen LogP contribution in [0.5, 0.6) is 0 Å². The number of allylic oxidation sites excluding steroid dienone is 10. The van der Waals surface area contributed by atoms with E-state index in [0.29, 0.717) is 15.4 Å². The first kappa shape index (κ1) is 29.5. The molecule has 2 radical (unpaired) electrons. The fourth-order valence-electron chi connectivity index (χ4n) is 3.33. The molecule has 150 valence electrons. The summed E-state index contributed by atoms with van der Waals surface area (Å²) in [5.41, 5.74) is 3.16. The van der Waals surface area contributed by atoms with Crippen LogP contribution in [0.1, 0.15) is 38.5 Å². The van der Waals surface area contributed by atoms with Crippen molar-refractivity contribution in [2.24, 2.45) is 11.8 Å². The van der Waals surface area contributed by atoms with E-state index in [1.54, 1.807) is 11.1 Å². The zero-order chi connectivity index (χ0) is 20.3. The molecule has 2 saturated carbocycles. The van der Waals surface area contributed by atoms with E-state index < -0.39 is 0 Å². The van der Waals surface area contributed by atoms with Gasteiger partial charge in [0.1, 0.15) is 0 Å². The van der Waals surface area contributed by atoms with Crippen LogP contribution in [0.2, 0.25) is 11.5 Å². The third kappa shape index (κ3) is 13.5. The molecule has 0 spiro atoms. The van der Waals surface area contributed by atoms with Gasteiger partial charge >= 0.3 is 53.1 Å². The monoisotopic (exact) mass is 514 g/mol. The summed E-state index contributed by atoms with van der Waals surface area (Å²) in [6.45, 7) is 13.0. The Morgan fingerprint density at radius 2 is 1.21 bits per heavy atom. The standard InChI is InChI=1S/2C9H11.2C3H5.C2H6Ge.Zr/c2*1-2-5-9-7-3-6-8(9)4-1;3*1-3-2;/h2*1-2,4,6,9H,3,5,7H2;2*3H,1-2H2;1-2H3;/q4*-1;;+4. The van der Waals surface area contributed by atoms with Crippen LogP contribution < -0.4 is 0 Å². The Hall–Kier alpha value is -0.654. The van der Waals surface area contributed by atoms with E-state index in [0.717, 1.165) is 11.8 Å². The zero-order valence-electron chi connectivity index (χ0n) is 18.0. The number of fused-ring (bicyclic) bond motifs is 2. The molecular formula is C26H38GeZr. The summed E-state index contributed by atoms with van der Waals surface area (Å²) in [4.78, 5) is 0. The van der Waals surface area contributed by atoms with E-state index in [9.17, 15) is 0 Å². The van der Waals surface area contributed by atoms with Gasteiger partial charge in [-0.05, 0) is 24.7 Å². The summed E-state index contributed by atoms with van der Waals surface area (Å²) in [7, 11) is 0. The Kier molecular flexibility index (Phi) is 22.2. The molecule has 4 aliphatic rings. The van der Waals surface area contributed by atoms with Crippen LogP contribution in [0.4, 0.5) is 0 Å². The first-order valence-corrected chi connectivity index (χ1v) is 14.2. The molecule has 0 aromatic rings. The average Bonchev–Trinajstić information content (AvgIpc) is 3.33. The van der Waals surface area contributed by atoms with Gasteiger partial charge in [0.05, 0.1) is 0 Å². The van der Waals surface area contributed by atoms with Gasteiger partial charge < -0.3 is 0 Å². The van der Waals surface area contributed by atoms with Gasteiger partial charge in [-0.3, -0.25) is 0 Å². The minimum Gasteiger partial charge on any atom is 4.00 e. The van der Waals surface area contributed by atoms with Crippen molar-refractivity contribution in [2.75, 3.05) is 0 Å². The van der Waals surface area contributed by atoms with Crippen LogP contribution in [-0.4, -0.2) is 15.4 Å². The zero-order valence-corrected chi connectivity index (χ0v) is 22.6. The smallest absolute Gasteiger partial charge is 4.00 e. The minimum absolute atomic E-state index is 0. The second-order valence-corrected chi connectivity index (χ2v) is 8.79. The molecule has 2 fully saturated rings. The van der Waals surface area contributed by atoms with Gasteiger partial charge in [0.15, 0.2) is 0 Å². The van der Waals surface area contributed by atoms with Gasteiger partial charge in [0.2, 0.25) is 0 Å². The van der Waals surface area contributed by atoms with Crippen molar-refractivity contribution in [1.82, 2.24) is 0 Å². The van der Waals surface area contributed by atoms with Crippen LogP contribution in [-0.2, 0) is 26.2 Å². The molecule has 0 nitrogen and oxygen atoms in total. The Bertz CT molecular complexity index is 465. The van der Waals surface area contributed by atoms with Crippen LogP contribution >= 0.6 is 0 Å². The molecule has 4 rings (SSSR count). The number of hydrogen-bond donors (Lipinski definition) is 0. The molecule has 0 amide bonds. The fourth-order valence-corrected chi connectivity index (χ4v) is 3.33. The Morgan fingerprint density at radius 3 is 1.50 bits per heavy atom. The number of hydrogen-bond acceptors (Lipinski definition) is 0. The van der Waals surface area contributed by atoms with E-state index in [2.05, 4.69) is 87.8 Å². The minimum atomic E-state index is 0. The molecule has 0 aromatic heterocycles. The largest absolute Gasteiger partial charge is 4.00 e. The van der Waals surface area contributed by atoms with Gasteiger partial charge in [0, 0.05) is 0 Å². The van der Waals surface area contributed by atoms with E-state index in [1.165, 1.54) is 50.7 Å². The van der Waals surface area contributed by atoms with Crippen molar-refractivity contribution in [3.63, 3.8) is 0 Å². The molecule has 2 heteroatoms. The molecule has 0 aliphatic heterocycles. The molecule has 2 unspecified atom stereocenters. The summed E-state index contributed by atoms with van der Waals surface area (Å²) < 4.78 is 0. The summed E-state index contributed by atoms with van der Waals surface area (Å²) in [5, 5.41) is 0. The van der Waals surface area contributed by atoms with Crippen LogP contribution in [0.25, 0.3) is 0 Å². The third-order valence-electron chi connectivity index (χ3n) is 4.42. The van der Waals surface area contributed by atoms with E-state index in [-0.39, 0.29) is 26.2 Å².